The Morgan fingerprint density at radius 1 is 1.64 bits per heavy atom. The first-order chi connectivity index (χ1) is 6.59. The van der Waals surface area contributed by atoms with E-state index in [2.05, 4.69) is 15.9 Å². The number of aliphatic hydroxyl groups excluding tert-OH is 1. The summed E-state index contributed by atoms with van der Waals surface area (Å²) >= 11 is 3.14. The lowest BCUT2D eigenvalue weighted by molar-refractivity contribution is -0.385. The molecule has 74 valence electrons. The molecule has 0 saturated heterocycles. The van der Waals surface area contributed by atoms with Crippen molar-refractivity contribution in [3.8, 4) is 5.75 Å². The summed E-state index contributed by atoms with van der Waals surface area (Å²) in [6.07, 6.45) is -0.777. The van der Waals surface area contributed by atoms with E-state index in [1.165, 1.54) is 6.07 Å². The van der Waals surface area contributed by atoms with Crippen LogP contribution in [0.1, 0.15) is 11.7 Å². The molecule has 1 N–H and O–H groups in total. The molecule has 0 aromatic heterocycles. The van der Waals surface area contributed by atoms with Gasteiger partial charge in [0, 0.05) is 16.1 Å². The number of ether oxygens (including phenoxy) is 1. The van der Waals surface area contributed by atoms with E-state index in [4.69, 9.17) is 4.74 Å². The number of hydrogen-bond donors (Lipinski definition) is 1. The van der Waals surface area contributed by atoms with Crippen molar-refractivity contribution in [2.45, 2.75) is 6.10 Å². The molecule has 14 heavy (non-hydrogen) atoms. The molecule has 5 nitrogen and oxygen atoms in total. The highest BCUT2D eigenvalue weighted by atomic mass is 79.9. The number of nitro groups is 1. The number of aliphatic hydroxyl groups is 1. The Kier molecular flexibility index (Phi) is 2.16. The van der Waals surface area contributed by atoms with Crippen LogP contribution in [0, 0.1) is 10.1 Å². The molecule has 2 rings (SSSR count). The summed E-state index contributed by atoms with van der Waals surface area (Å²) < 4.78 is 5.61. The minimum atomic E-state index is -0.777. The van der Waals surface area contributed by atoms with Gasteiger partial charge in [-0.2, -0.15) is 0 Å². The minimum absolute atomic E-state index is 0.0760. The molecule has 0 radical (unpaired) electrons. The molecular weight excluding hydrogens is 254 g/mol. The fraction of sp³-hybridized carbons (Fsp3) is 0.250. The van der Waals surface area contributed by atoms with Gasteiger partial charge in [0.25, 0.3) is 0 Å². The summed E-state index contributed by atoms with van der Waals surface area (Å²) in [5.41, 5.74) is 0.344. The van der Waals surface area contributed by atoms with E-state index in [-0.39, 0.29) is 18.0 Å². The number of nitrogens with zero attached hydrogens (tertiary/aromatic N) is 1. The Bertz CT molecular complexity index is 407. The molecule has 1 aromatic carbocycles. The molecule has 6 heteroatoms. The third-order valence-electron chi connectivity index (χ3n) is 2.00. The van der Waals surface area contributed by atoms with Gasteiger partial charge in [0.1, 0.15) is 12.7 Å². The van der Waals surface area contributed by atoms with E-state index in [1.807, 2.05) is 0 Å². The number of rotatable bonds is 1. The van der Waals surface area contributed by atoms with Crippen LogP contribution < -0.4 is 4.74 Å². The van der Waals surface area contributed by atoms with Crippen molar-refractivity contribution in [3.05, 3.63) is 32.3 Å². The van der Waals surface area contributed by atoms with Crippen LogP contribution >= 0.6 is 15.9 Å². The highest BCUT2D eigenvalue weighted by Crippen LogP contribution is 2.41. The van der Waals surface area contributed by atoms with Gasteiger partial charge in [-0.15, -0.1) is 0 Å². The average molecular weight is 260 g/mol. The lowest BCUT2D eigenvalue weighted by atomic mass is 10.1. The fourth-order valence-electron chi connectivity index (χ4n) is 1.39. The molecule has 0 amide bonds. The Morgan fingerprint density at radius 2 is 2.36 bits per heavy atom. The lowest BCUT2D eigenvalue weighted by Gasteiger charge is -2.01. The Hall–Kier alpha value is -1.14. The van der Waals surface area contributed by atoms with Crippen LogP contribution in [0.4, 0.5) is 5.69 Å². The van der Waals surface area contributed by atoms with Crippen molar-refractivity contribution in [1.29, 1.82) is 0 Å². The second-order valence-corrected chi connectivity index (χ2v) is 3.84. The van der Waals surface area contributed by atoms with E-state index >= 15 is 0 Å². The lowest BCUT2D eigenvalue weighted by Crippen LogP contribution is -1.97. The second kappa shape index (κ2) is 3.21. The molecule has 0 fully saturated rings. The SMILES string of the molecule is O=[N+]([O-])c1cc(Br)cc2c1OCC2O. The summed E-state index contributed by atoms with van der Waals surface area (Å²) in [6, 6.07) is 2.98. The number of fused-ring (bicyclic) bond motifs is 1. The molecular formula is C8H6BrNO4. The highest BCUT2D eigenvalue weighted by Gasteiger charge is 2.30. The van der Waals surface area contributed by atoms with Crippen LogP contribution in [-0.2, 0) is 0 Å². The minimum Gasteiger partial charge on any atom is -0.483 e. The quantitative estimate of drug-likeness (QED) is 0.617. The van der Waals surface area contributed by atoms with Gasteiger partial charge in [-0.1, -0.05) is 15.9 Å². The largest absolute Gasteiger partial charge is 0.483 e. The molecule has 0 bridgehead atoms. The first-order valence-corrected chi connectivity index (χ1v) is 4.67. The number of halogens is 1. The van der Waals surface area contributed by atoms with Crippen molar-refractivity contribution in [3.63, 3.8) is 0 Å². The summed E-state index contributed by atoms with van der Waals surface area (Å²) in [5, 5.41) is 20.1. The zero-order valence-electron chi connectivity index (χ0n) is 6.94. The van der Waals surface area contributed by atoms with E-state index in [9.17, 15) is 15.2 Å². The Labute approximate surface area is 87.6 Å². The molecule has 1 heterocycles. The van der Waals surface area contributed by atoms with Crippen molar-refractivity contribution < 1.29 is 14.8 Å². The van der Waals surface area contributed by atoms with E-state index in [1.54, 1.807) is 6.07 Å². The summed E-state index contributed by atoms with van der Waals surface area (Å²) in [4.78, 5) is 10.1. The molecule has 0 spiro atoms. The fourth-order valence-corrected chi connectivity index (χ4v) is 1.86. The molecule has 1 aliphatic rings. The van der Waals surface area contributed by atoms with Gasteiger partial charge in [-0.25, -0.2) is 0 Å². The van der Waals surface area contributed by atoms with Crippen molar-refractivity contribution in [2.75, 3.05) is 6.61 Å². The van der Waals surface area contributed by atoms with Gasteiger partial charge >= 0.3 is 5.69 Å². The predicted octanol–water partition coefficient (Wildman–Crippen LogP) is 1.78. The van der Waals surface area contributed by atoms with Gasteiger partial charge in [-0.05, 0) is 6.07 Å². The summed E-state index contributed by atoms with van der Waals surface area (Å²) in [7, 11) is 0. The number of benzene rings is 1. The van der Waals surface area contributed by atoms with Crippen molar-refractivity contribution in [1.82, 2.24) is 0 Å². The zero-order chi connectivity index (χ0) is 10.3. The van der Waals surface area contributed by atoms with Crippen LogP contribution in [0.5, 0.6) is 5.75 Å². The second-order valence-electron chi connectivity index (χ2n) is 2.93. The standard InChI is InChI=1S/C8H6BrNO4/c9-4-1-5-7(11)3-14-8(5)6(2-4)10(12)13/h1-2,7,11H,3H2. The van der Waals surface area contributed by atoms with E-state index in [0.29, 0.717) is 10.0 Å². The van der Waals surface area contributed by atoms with Gasteiger partial charge < -0.3 is 9.84 Å². The van der Waals surface area contributed by atoms with Gasteiger partial charge in [0.2, 0.25) is 5.75 Å². The van der Waals surface area contributed by atoms with Gasteiger partial charge in [0.15, 0.2) is 0 Å². The van der Waals surface area contributed by atoms with Gasteiger partial charge in [-0.3, -0.25) is 10.1 Å². The normalized spacial score (nSPS) is 18.9. The summed E-state index contributed by atoms with van der Waals surface area (Å²) in [5.74, 6) is 0.172. The van der Waals surface area contributed by atoms with Crippen LogP contribution in [0.2, 0.25) is 0 Å². The van der Waals surface area contributed by atoms with E-state index < -0.39 is 11.0 Å². The molecule has 1 aromatic rings. The maximum absolute atomic E-state index is 10.6. The number of hydrogen-bond acceptors (Lipinski definition) is 4. The molecule has 1 atom stereocenters. The maximum atomic E-state index is 10.6. The Morgan fingerprint density at radius 3 is 3.00 bits per heavy atom. The van der Waals surface area contributed by atoms with Crippen LogP contribution in [0.25, 0.3) is 0 Å². The van der Waals surface area contributed by atoms with Crippen LogP contribution in [0.15, 0.2) is 16.6 Å². The Balaban J connectivity index is 2.63. The predicted molar refractivity (Wildman–Crippen MR) is 51.3 cm³/mol. The smallest absolute Gasteiger partial charge is 0.312 e. The molecule has 1 aliphatic heterocycles. The van der Waals surface area contributed by atoms with Crippen LogP contribution in [0.3, 0.4) is 0 Å². The first kappa shape index (κ1) is 9.42. The molecule has 0 saturated carbocycles. The monoisotopic (exact) mass is 259 g/mol. The van der Waals surface area contributed by atoms with E-state index in [0.717, 1.165) is 0 Å². The van der Waals surface area contributed by atoms with Crippen molar-refractivity contribution >= 4 is 21.6 Å². The van der Waals surface area contributed by atoms with Gasteiger partial charge in [0.05, 0.1) is 4.92 Å². The zero-order valence-corrected chi connectivity index (χ0v) is 8.52. The third kappa shape index (κ3) is 1.36. The summed E-state index contributed by atoms with van der Waals surface area (Å²) in [6.45, 7) is 0.0760. The number of nitro benzene ring substituents is 1. The highest BCUT2D eigenvalue weighted by molar-refractivity contribution is 9.10. The molecule has 1 unspecified atom stereocenters. The van der Waals surface area contributed by atoms with Crippen molar-refractivity contribution in [2.24, 2.45) is 0 Å². The topological polar surface area (TPSA) is 72.6 Å². The first-order valence-electron chi connectivity index (χ1n) is 3.88. The maximum Gasteiger partial charge on any atom is 0.312 e. The molecule has 0 aliphatic carbocycles. The van der Waals surface area contributed by atoms with Crippen LogP contribution in [-0.4, -0.2) is 16.6 Å². The average Bonchev–Trinajstić information content (AvgIpc) is 2.47. The third-order valence-corrected chi connectivity index (χ3v) is 2.46.